The number of urea groups is 1. The molecule has 0 unspecified atom stereocenters. The summed E-state index contributed by atoms with van der Waals surface area (Å²) in [5.74, 6) is -0.237. The van der Waals surface area contributed by atoms with Crippen molar-refractivity contribution in [3.63, 3.8) is 0 Å². The Morgan fingerprint density at radius 2 is 2.03 bits per heavy atom. The van der Waals surface area contributed by atoms with E-state index in [2.05, 4.69) is 21.0 Å². The lowest BCUT2D eigenvalue weighted by molar-refractivity contribution is 0.0943. The van der Waals surface area contributed by atoms with Crippen molar-refractivity contribution in [1.29, 1.82) is 0 Å². The summed E-state index contributed by atoms with van der Waals surface area (Å²) >= 11 is 0. The van der Waals surface area contributed by atoms with Crippen LogP contribution in [0.4, 0.5) is 10.5 Å². The number of anilines is 1. The molecule has 3 amide bonds. The Morgan fingerprint density at radius 3 is 2.69 bits per heavy atom. The van der Waals surface area contributed by atoms with Gasteiger partial charge in [-0.25, -0.2) is 4.79 Å². The number of aliphatic hydroxyl groups excluding tert-OH is 1. The number of amides is 3. The summed E-state index contributed by atoms with van der Waals surface area (Å²) in [4.78, 5) is 25.9. The van der Waals surface area contributed by atoms with E-state index in [0.717, 1.165) is 29.8 Å². The number of hydrogen-bond acceptors (Lipinski definition) is 5. The van der Waals surface area contributed by atoms with E-state index in [0.29, 0.717) is 24.5 Å². The predicted molar refractivity (Wildman–Crippen MR) is 110 cm³/mol. The molecule has 1 aromatic heterocycles. The maximum atomic E-state index is 12.8. The highest BCUT2D eigenvalue weighted by molar-refractivity contribution is 5.94. The molecule has 2 heterocycles. The van der Waals surface area contributed by atoms with E-state index in [1.165, 1.54) is 4.90 Å². The molecule has 1 aromatic carbocycles. The van der Waals surface area contributed by atoms with Crippen molar-refractivity contribution in [2.24, 2.45) is 0 Å². The van der Waals surface area contributed by atoms with E-state index in [-0.39, 0.29) is 24.6 Å². The number of nitrogens with zero attached hydrogens (tertiary/aromatic N) is 3. The van der Waals surface area contributed by atoms with Gasteiger partial charge in [-0.15, -0.1) is 0 Å². The molecule has 0 fully saturated rings. The van der Waals surface area contributed by atoms with Crippen LogP contribution < -0.4 is 16.0 Å². The minimum atomic E-state index is -0.237. The van der Waals surface area contributed by atoms with E-state index < -0.39 is 0 Å². The zero-order valence-electron chi connectivity index (χ0n) is 17.0. The molecule has 9 nitrogen and oxygen atoms in total. The van der Waals surface area contributed by atoms with E-state index in [9.17, 15) is 14.7 Å². The van der Waals surface area contributed by atoms with Crippen LogP contribution in [0.5, 0.6) is 0 Å². The van der Waals surface area contributed by atoms with Crippen LogP contribution in [0, 0.1) is 0 Å². The van der Waals surface area contributed by atoms with Gasteiger partial charge in [-0.05, 0) is 24.6 Å². The van der Waals surface area contributed by atoms with E-state index in [4.69, 9.17) is 0 Å². The van der Waals surface area contributed by atoms with Crippen LogP contribution in [0.1, 0.15) is 40.3 Å². The first-order valence-electron chi connectivity index (χ1n) is 9.68. The SMILES string of the molecule is C[C@@H](CO)n1nc(C(=O)NCc2ccc(NC(=O)N(C)C)cc2)c2c1CCNC2. The molecule has 0 spiro atoms. The van der Waals surface area contributed by atoms with Gasteiger partial charge in [0.2, 0.25) is 0 Å². The second-order valence-electron chi connectivity index (χ2n) is 7.38. The van der Waals surface area contributed by atoms with Crippen LogP contribution in [0.15, 0.2) is 24.3 Å². The van der Waals surface area contributed by atoms with Crippen LogP contribution in [-0.4, -0.2) is 59.0 Å². The number of nitrogens with one attached hydrogen (secondary N) is 3. The molecular weight excluding hydrogens is 372 g/mol. The average Bonchev–Trinajstić information content (AvgIpc) is 3.12. The van der Waals surface area contributed by atoms with Crippen molar-refractivity contribution < 1.29 is 14.7 Å². The number of rotatable bonds is 6. The number of carbonyl (C=O) groups is 2. The van der Waals surface area contributed by atoms with Crippen molar-refractivity contribution in [2.45, 2.75) is 32.5 Å². The molecular formula is C20H28N6O3. The number of benzene rings is 1. The first-order valence-corrected chi connectivity index (χ1v) is 9.68. The first kappa shape index (κ1) is 20.8. The van der Waals surface area contributed by atoms with Crippen molar-refractivity contribution in [3.8, 4) is 0 Å². The van der Waals surface area contributed by atoms with Crippen molar-refractivity contribution >= 4 is 17.6 Å². The summed E-state index contributed by atoms with van der Waals surface area (Å²) in [6.07, 6.45) is 0.778. The van der Waals surface area contributed by atoms with Gasteiger partial charge in [-0.2, -0.15) is 5.10 Å². The summed E-state index contributed by atoms with van der Waals surface area (Å²) in [7, 11) is 3.35. The third kappa shape index (κ3) is 4.75. The maximum absolute atomic E-state index is 12.8. The molecule has 0 aliphatic carbocycles. The van der Waals surface area contributed by atoms with Gasteiger partial charge < -0.3 is 26.0 Å². The van der Waals surface area contributed by atoms with Gasteiger partial charge in [0.05, 0.1) is 12.6 Å². The van der Waals surface area contributed by atoms with Crippen LogP contribution in [0.25, 0.3) is 0 Å². The Kier molecular flexibility index (Phi) is 6.50. The van der Waals surface area contributed by atoms with Gasteiger partial charge in [-0.3, -0.25) is 9.48 Å². The van der Waals surface area contributed by atoms with Crippen molar-refractivity contribution in [3.05, 3.63) is 46.8 Å². The number of aromatic nitrogens is 2. The number of carbonyl (C=O) groups excluding carboxylic acids is 2. The fraction of sp³-hybridized carbons (Fsp3) is 0.450. The molecule has 4 N–H and O–H groups in total. The van der Waals surface area contributed by atoms with Gasteiger partial charge in [0, 0.05) is 57.1 Å². The van der Waals surface area contributed by atoms with Crippen LogP contribution in [0.3, 0.4) is 0 Å². The Labute approximate surface area is 170 Å². The third-order valence-corrected chi connectivity index (χ3v) is 4.92. The van der Waals surface area contributed by atoms with E-state index >= 15 is 0 Å². The van der Waals surface area contributed by atoms with Crippen LogP contribution in [-0.2, 0) is 19.5 Å². The number of hydrogen-bond donors (Lipinski definition) is 4. The highest BCUT2D eigenvalue weighted by Gasteiger charge is 2.26. The molecule has 3 rings (SSSR count). The molecule has 0 radical (unpaired) electrons. The maximum Gasteiger partial charge on any atom is 0.321 e. The molecule has 0 saturated carbocycles. The summed E-state index contributed by atoms with van der Waals surface area (Å²) in [6, 6.07) is 6.94. The molecule has 9 heteroatoms. The number of aliphatic hydroxyl groups is 1. The Balaban J connectivity index is 1.67. The topological polar surface area (TPSA) is 112 Å². The molecule has 0 bridgehead atoms. The largest absolute Gasteiger partial charge is 0.394 e. The van der Waals surface area contributed by atoms with E-state index in [1.807, 2.05) is 19.1 Å². The molecule has 2 aromatic rings. The highest BCUT2D eigenvalue weighted by atomic mass is 16.3. The highest BCUT2D eigenvalue weighted by Crippen LogP contribution is 2.22. The Hall–Kier alpha value is -2.91. The van der Waals surface area contributed by atoms with E-state index in [1.54, 1.807) is 30.9 Å². The predicted octanol–water partition coefficient (Wildman–Crippen LogP) is 1.11. The monoisotopic (exact) mass is 400 g/mol. The fourth-order valence-corrected chi connectivity index (χ4v) is 3.21. The molecule has 1 aliphatic rings. The summed E-state index contributed by atoms with van der Waals surface area (Å²) < 4.78 is 1.77. The van der Waals surface area contributed by atoms with Gasteiger partial charge in [-0.1, -0.05) is 12.1 Å². The van der Waals surface area contributed by atoms with Crippen LogP contribution >= 0.6 is 0 Å². The summed E-state index contributed by atoms with van der Waals surface area (Å²) in [5.41, 5.74) is 3.92. The fourth-order valence-electron chi connectivity index (χ4n) is 3.21. The van der Waals surface area contributed by atoms with Crippen molar-refractivity contribution in [2.75, 3.05) is 32.6 Å². The second kappa shape index (κ2) is 9.06. The van der Waals surface area contributed by atoms with Crippen molar-refractivity contribution in [1.82, 2.24) is 25.3 Å². The molecule has 0 saturated heterocycles. The molecule has 156 valence electrons. The Morgan fingerprint density at radius 1 is 1.31 bits per heavy atom. The third-order valence-electron chi connectivity index (χ3n) is 4.92. The number of fused-ring (bicyclic) bond motifs is 1. The van der Waals surface area contributed by atoms with Gasteiger partial charge in [0.25, 0.3) is 5.91 Å². The quantitative estimate of drug-likeness (QED) is 0.580. The first-order chi connectivity index (χ1) is 13.9. The molecule has 29 heavy (non-hydrogen) atoms. The zero-order valence-corrected chi connectivity index (χ0v) is 17.0. The minimum Gasteiger partial charge on any atom is -0.394 e. The second-order valence-corrected chi connectivity index (χ2v) is 7.38. The lowest BCUT2D eigenvalue weighted by atomic mass is 10.1. The molecule has 1 atom stereocenters. The van der Waals surface area contributed by atoms with Gasteiger partial charge in [0.1, 0.15) is 0 Å². The minimum absolute atomic E-state index is 0.0285. The summed E-state index contributed by atoms with van der Waals surface area (Å²) in [6.45, 7) is 3.63. The van der Waals surface area contributed by atoms with Gasteiger partial charge >= 0.3 is 6.03 Å². The molecule has 1 aliphatic heterocycles. The zero-order chi connectivity index (χ0) is 21.0. The lowest BCUT2D eigenvalue weighted by Gasteiger charge is -2.18. The average molecular weight is 400 g/mol. The normalized spacial score (nSPS) is 14.1. The van der Waals surface area contributed by atoms with Crippen LogP contribution in [0.2, 0.25) is 0 Å². The summed E-state index contributed by atoms with van der Waals surface area (Å²) in [5, 5.41) is 22.9. The smallest absolute Gasteiger partial charge is 0.321 e. The lowest BCUT2D eigenvalue weighted by Crippen LogP contribution is -2.28. The van der Waals surface area contributed by atoms with Gasteiger partial charge in [0.15, 0.2) is 5.69 Å². The Bertz CT molecular complexity index is 875. The standard InChI is InChI=1S/C20H28N6O3/c1-13(12-27)26-17-8-9-21-11-16(17)18(24-26)19(28)22-10-14-4-6-15(7-5-14)23-20(29)25(2)3/h4-7,13,21,27H,8-12H2,1-3H3,(H,22,28)(H,23,29)/t13-/m0/s1.